The Balaban J connectivity index is 1.87. The summed E-state index contributed by atoms with van der Waals surface area (Å²) in [6, 6.07) is 11.3. The van der Waals surface area contributed by atoms with E-state index in [1.165, 1.54) is 24.3 Å². The lowest BCUT2D eigenvalue weighted by Gasteiger charge is -2.27. The van der Waals surface area contributed by atoms with Crippen LogP contribution in [0.1, 0.15) is 35.1 Å². The van der Waals surface area contributed by atoms with Crippen LogP contribution in [-0.2, 0) is 24.7 Å². The molecule has 178 valence electrons. The van der Waals surface area contributed by atoms with Gasteiger partial charge in [0.2, 0.25) is 0 Å². The number of hydrogen-bond acceptors (Lipinski definition) is 0. The smallest absolute Gasteiger partial charge is 0.203 e. The summed E-state index contributed by atoms with van der Waals surface area (Å²) in [5, 5.41) is 0. The number of rotatable bonds is 10. The van der Waals surface area contributed by atoms with E-state index in [0.717, 1.165) is 42.0 Å². The van der Waals surface area contributed by atoms with Crippen LogP contribution in [0.3, 0.4) is 0 Å². The molecule has 0 spiro atoms. The number of benzene rings is 3. The molecule has 0 unspecified atom stereocenters. The van der Waals surface area contributed by atoms with Crippen LogP contribution >= 0.6 is 0 Å². The maximum absolute atomic E-state index is 14.9. The van der Waals surface area contributed by atoms with Crippen LogP contribution in [0.25, 0.3) is 11.1 Å². The zero-order chi connectivity index (χ0) is 24.9. The van der Waals surface area contributed by atoms with Gasteiger partial charge in [0.05, 0.1) is 0 Å². The highest BCUT2D eigenvalue weighted by Crippen LogP contribution is 2.49. The standard InChI is InChI=1S/C28H24F6/c1-3-5-7-19-9-14-22(15-10-19)27(31,32)28(33,34)23-16-11-20(12-17-23)24-18-13-21(8-6-4-2)25(29)26(24)30/h3-4,9-18H,1-2,5-8H2. The molecule has 0 aliphatic heterocycles. The Morgan fingerprint density at radius 3 is 1.65 bits per heavy atom. The van der Waals surface area contributed by atoms with Gasteiger partial charge in [-0.1, -0.05) is 72.8 Å². The molecule has 0 saturated carbocycles. The second-order valence-electron chi connectivity index (χ2n) is 7.98. The van der Waals surface area contributed by atoms with Crippen LogP contribution in [0.5, 0.6) is 0 Å². The molecule has 0 atom stereocenters. The lowest BCUT2D eigenvalue weighted by atomic mass is 9.93. The van der Waals surface area contributed by atoms with Crippen LogP contribution in [0, 0.1) is 11.6 Å². The van der Waals surface area contributed by atoms with Gasteiger partial charge in [-0.3, -0.25) is 0 Å². The van der Waals surface area contributed by atoms with Gasteiger partial charge in [0.1, 0.15) is 0 Å². The highest BCUT2D eigenvalue weighted by atomic mass is 19.3. The topological polar surface area (TPSA) is 0 Å². The van der Waals surface area contributed by atoms with E-state index < -0.39 is 34.6 Å². The van der Waals surface area contributed by atoms with E-state index in [4.69, 9.17) is 0 Å². The first-order valence-corrected chi connectivity index (χ1v) is 10.8. The molecule has 6 heteroatoms. The summed E-state index contributed by atoms with van der Waals surface area (Å²) in [5.41, 5.74) is -0.887. The number of allylic oxidation sites excluding steroid dienone is 2. The van der Waals surface area contributed by atoms with E-state index in [1.54, 1.807) is 12.2 Å². The van der Waals surface area contributed by atoms with Crippen molar-refractivity contribution in [2.75, 3.05) is 0 Å². The van der Waals surface area contributed by atoms with Crippen LogP contribution in [0.15, 0.2) is 86.0 Å². The molecular formula is C28H24F6. The Kier molecular flexibility index (Phi) is 7.70. The largest absolute Gasteiger partial charge is 0.339 e. The zero-order valence-corrected chi connectivity index (χ0v) is 18.4. The minimum absolute atomic E-state index is 0.0982. The SMILES string of the molecule is C=CCCc1ccc(C(F)(F)C(F)(F)c2ccc(-c3ccc(CCC=C)c(F)c3F)cc2)cc1. The van der Waals surface area contributed by atoms with Crippen molar-refractivity contribution in [1.82, 2.24) is 0 Å². The predicted molar refractivity (Wildman–Crippen MR) is 123 cm³/mol. The van der Waals surface area contributed by atoms with Gasteiger partial charge in [-0.2, -0.15) is 17.6 Å². The summed E-state index contributed by atoms with van der Waals surface area (Å²) in [5.74, 6) is -11.2. The maximum Gasteiger partial charge on any atom is 0.339 e. The molecular weight excluding hydrogens is 450 g/mol. The first-order chi connectivity index (χ1) is 16.1. The zero-order valence-electron chi connectivity index (χ0n) is 18.4. The van der Waals surface area contributed by atoms with Crippen molar-refractivity contribution in [1.29, 1.82) is 0 Å². The third-order valence-corrected chi connectivity index (χ3v) is 5.69. The first-order valence-electron chi connectivity index (χ1n) is 10.8. The minimum Gasteiger partial charge on any atom is -0.203 e. The van der Waals surface area contributed by atoms with Crippen molar-refractivity contribution in [3.05, 3.63) is 120 Å². The molecule has 0 N–H and O–H groups in total. The molecule has 3 aromatic rings. The van der Waals surface area contributed by atoms with Gasteiger partial charge in [-0.15, -0.1) is 13.2 Å². The normalized spacial score (nSPS) is 11.9. The third kappa shape index (κ3) is 4.96. The summed E-state index contributed by atoms with van der Waals surface area (Å²) in [6.45, 7) is 7.12. The number of aryl methyl sites for hydroxylation is 2. The van der Waals surface area contributed by atoms with Crippen LogP contribution in [0.2, 0.25) is 0 Å². The second kappa shape index (κ2) is 10.3. The fourth-order valence-corrected chi connectivity index (χ4v) is 3.63. The molecule has 0 amide bonds. The Morgan fingerprint density at radius 1 is 0.618 bits per heavy atom. The molecule has 34 heavy (non-hydrogen) atoms. The van der Waals surface area contributed by atoms with E-state index in [1.807, 2.05) is 0 Å². The molecule has 0 aliphatic carbocycles. The Hall–Kier alpha value is -3.28. The van der Waals surface area contributed by atoms with E-state index in [2.05, 4.69) is 13.2 Å². The molecule has 0 fully saturated rings. The summed E-state index contributed by atoms with van der Waals surface area (Å²) in [4.78, 5) is 0. The Morgan fingerprint density at radius 2 is 1.12 bits per heavy atom. The molecule has 0 radical (unpaired) electrons. The molecule has 0 nitrogen and oxygen atoms in total. The monoisotopic (exact) mass is 474 g/mol. The number of alkyl halides is 4. The van der Waals surface area contributed by atoms with Gasteiger partial charge in [0, 0.05) is 16.7 Å². The van der Waals surface area contributed by atoms with Gasteiger partial charge < -0.3 is 0 Å². The van der Waals surface area contributed by atoms with Gasteiger partial charge >= 0.3 is 11.8 Å². The molecule has 3 rings (SSSR count). The fourth-order valence-electron chi connectivity index (χ4n) is 3.63. The third-order valence-electron chi connectivity index (χ3n) is 5.69. The lowest BCUT2D eigenvalue weighted by molar-refractivity contribution is -0.223. The molecule has 3 aromatic carbocycles. The summed E-state index contributed by atoms with van der Waals surface area (Å²) >= 11 is 0. The van der Waals surface area contributed by atoms with Crippen molar-refractivity contribution >= 4 is 0 Å². The van der Waals surface area contributed by atoms with Crippen molar-refractivity contribution < 1.29 is 26.3 Å². The highest BCUT2D eigenvalue weighted by molar-refractivity contribution is 5.65. The van der Waals surface area contributed by atoms with E-state index in [0.29, 0.717) is 19.3 Å². The summed E-state index contributed by atoms with van der Waals surface area (Å²) in [7, 11) is 0. The van der Waals surface area contributed by atoms with Crippen molar-refractivity contribution in [2.24, 2.45) is 0 Å². The van der Waals surface area contributed by atoms with Crippen LogP contribution in [-0.4, -0.2) is 0 Å². The van der Waals surface area contributed by atoms with Gasteiger partial charge in [-0.25, -0.2) is 8.78 Å². The quantitative estimate of drug-likeness (QED) is 0.204. The first kappa shape index (κ1) is 25.3. The summed E-state index contributed by atoms with van der Waals surface area (Å²) < 4.78 is 88.2. The van der Waals surface area contributed by atoms with E-state index in [-0.39, 0.29) is 23.1 Å². The van der Waals surface area contributed by atoms with Gasteiger partial charge in [0.15, 0.2) is 11.6 Å². The van der Waals surface area contributed by atoms with Crippen LogP contribution < -0.4 is 0 Å². The van der Waals surface area contributed by atoms with E-state index >= 15 is 0 Å². The van der Waals surface area contributed by atoms with E-state index in [9.17, 15) is 26.3 Å². The average molecular weight is 474 g/mol. The second-order valence-corrected chi connectivity index (χ2v) is 7.98. The lowest BCUT2D eigenvalue weighted by Crippen LogP contribution is -2.35. The van der Waals surface area contributed by atoms with Crippen molar-refractivity contribution in [3.63, 3.8) is 0 Å². The minimum atomic E-state index is -4.52. The molecule has 0 bridgehead atoms. The number of halogens is 6. The number of hydrogen-bond donors (Lipinski definition) is 0. The fraction of sp³-hybridized carbons (Fsp3) is 0.214. The highest BCUT2D eigenvalue weighted by Gasteiger charge is 2.58. The molecule has 0 heterocycles. The molecule has 0 aromatic heterocycles. The van der Waals surface area contributed by atoms with Gasteiger partial charge in [-0.05, 0) is 42.4 Å². The van der Waals surface area contributed by atoms with Crippen molar-refractivity contribution in [3.8, 4) is 11.1 Å². The maximum atomic E-state index is 14.9. The molecule has 0 saturated heterocycles. The summed E-state index contributed by atoms with van der Waals surface area (Å²) in [6.07, 6.45) is 5.20. The Labute approximate surface area is 195 Å². The molecule has 0 aliphatic rings. The van der Waals surface area contributed by atoms with Crippen LogP contribution in [0.4, 0.5) is 26.3 Å². The Bertz CT molecular complexity index is 1140. The average Bonchev–Trinajstić information content (AvgIpc) is 2.84. The predicted octanol–water partition coefficient (Wildman–Crippen LogP) is 8.75. The van der Waals surface area contributed by atoms with Gasteiger partial charge in [0.25, 0.3) is 0 Å². The van der Waals surface area contributed by atoms with Crippen molar-refractivity contribution in [2.45, 2.75) is 37.5 Å².